The molecule has 3 aromatic rings. The fourth-order valence-corrected chi connectivity index (χ4v) is 5.13. The van der Waals surface area contributed by atoms with Gasteiger partial charge >= 0.3 is 5.97 Å². The summed E-state index contributed by atoms with van der Waals surface area (Å²) in [6.07, 6.45) is 0.420. The Hall–Kier alpha value is -4.95. The molecular formula is C32H35Cl2N5O9. The summed E-state index contributed by atoms with van der Waals surface area (Å²) in [7, 11) is 0. The van der Waals surface area contributed by atoms with Gasteiger partial charge in [0.25, 0.3) is 5.89 Å². The molecule has 6 N–H and O–H groups in total. The maximum absolute atomic E-state index is 13.3. The molecule has 256 valence electrons. The monoisotopic (exact) mass is 703 g/mol. The van der Waals surface area contributed by atoms with Gasteiger partial charge in [-0.05, 0) is 42.7 Å². The average Bonchev–Trinajstić information content (AvgIpc) is 3.48. The summed E-state index contributed by atoms with van der Waals surface area (Å²) in [4.78, 5) is 80.1. The number of carbonyl (C=O) groups is 6. The molecule has 2 aromatic carbocycles. The molecule has 0 radical (unpaired) electrons. The quantitative estimate of drug-likeness (QED) is 0.127. The van der Waals surface area contributed by atoms with E-state index in [9.17, 15) is 39.0 Å². The predicted octanol–water partition coefficient (Wildman–Crippen LogP) is 2.89. The Balaban J connectivity index is 1.70. The van der Waals surface area contributed by atoms with E-state index in [-0.39, 0.29) is 33.5 Å². The molecule has 4 amide bonds. The van der Waals surface area contributed by atoms with Crippen molar-refractivity contribution in [3.05, 3.63) is 70.2 Å². The molecule has 0 saturated heterocycles. The second-order valence-electron chi connectivity index (χ2n) is 11.2. The van der Waals surface area contributed by atoms with Crippen LogP contribution in [0.1, 0.15) is 50.4 Å². The SMILES string of the molecule is CC(=O)N[C@@H](Cc1ccc(O)cc1)C(=O)N[C@H](C(=O)N[C@@H](C)C(=O)N[C@@H](CC(=O)O)C(=O)c1ncc(-c2c(Cl)cccc2Cl)o1)C(C)C. The number of phenols is 1. The number of halogens is 2. The first-order chi connectivity index (χ1) is 22.6. The first kappa shape index (κ1) is 37.5. The number of benzene rings is 2. The van der Waals surface area contributed by atoms with Crippen LogP contribution in [0.4, 0.5) is 0 Å². The van der Waals surface area contributed by atoms with Crippen molar-refractivity contribution < 1.29 is 43.4 Å². The lowest BCUT2D eigenvalue weighted by molar-refractivity contribution is -0.138. The van der Waals surface area contributed by atoms with Crippen LogP contribution < -0.4 is 21.3 Å². The first-order valence-electron chi connectivity index (χ1n) is 14.7. The van der Waals surface area contributed by atoms with Gasteiger partial charge in [-0.3, -0.25) is 28.8 Å². The van der Waals surface area contributed by atoms with Crippen LogP contribution in [0.2, 0.25) is 10.0 Å². The third kappa shape index (κ3) is 10.3. The standard InChI is InChI=1S/C32H35Cl2N5O9/c1-15(2)27(39-30(46)23(37-17(4)40)12-18-8-10-19(41)11-9-18)31(47)36-16(3)29(45)38-22(13-25(42)43)28(44)32-35-14-24(48-32)26-20(33)6-5-7-21(26)34/h5-11,14-16,22-23,27,41H,12-13H2,1-4H3,(H,36,47)(H,37,40)(H,38,45)(H,39,46)(H,42,43)/t16-,22-,23-,27-/m0/s1. The van der Waals surface area contributed by atoms with Gasteiger partial charge in [0.2, 0.25) is 29.4 Å². The lowest BCUT2D eigenvalue weighted by Gasteiger charge is -2.26. The number of aliphatic carboxylic acids is 1. The zero-order valence-corrected chi connectivity index (χ0v) is 27.9. The fraction of sp³-hybridized carbons (Fsp3) is 0.344. The molecule has 0 fully saturated rings. The number of ketones is 1. The third-order valence-electron chi connectivity index (χ3n) is 7.01. The van der Waals surface area contributed by atoms with E-state index < -0.39 is 77.8 Å². The second-order valence-corrected chi connectivity index (χ2v) is 12.0. The number of hydrogen-bond donors (Lipinski definition) is 6. The summed E-state index contributed by atoms with van der Waals surface area (Å²) in [5.74, 6) is -6.07. The topological polar surface area (TPSA) is 217 Å². The van der Waals surface area contributed by atoms with E-state index in [1.807, 2.05) is 0 Å². The minimum Gasteiger partial charge on any atom is -0.508 e. The van der Waals surface area contributed by atoms with Crippen molar-refractivity contribution in [2.45, 2.75) is 64.7 Å². The number of oxazole rings is 1. The fourth-order valence-electron chi connectivity index (χ4n) is 4.55. The third-order valence-corrected chi connectivity index (χ3v) is 7.64. The zero-order valence-electron chi connectivity index (χ0n) is 26.4. The number of carboxylic acid groups (broad SMARTS) is 1. The Morgan fingerprint density at radius 1 is 0.833 bits per heavy atom. The highest BCUT2D eigenvalue weighted by Gasteiger charge is 2.33. The normalized spacial score (nSPS) is 13.5. The van der Waals surface area contributed by atoms with Gasteiger partial charge in [0.15, 0.2) is 5.76 Å². The number of nitrogens with one attached hydrogen (secondary N) is 4. The summed E-state index contributed by atoms with van der Waals surface area (Å²) in [5, 5.41) is 29.3. The van der Waals surface area contributed by atoms with Gasteiger partial charge in [-0.2, -0.15) is 0 Å². The number of aromatic nitrogens is 1. The molecule has 1 aromatic heterocycles. The van der Waals surface area contributed by atoms with Crippen molar-refractivity contribution in [2.24, 2.45) is 5.92 Å². The smallest absolute Gasteiger partial charge is 0.305 e. The molecule has 48 heavy (non-hydrogen) atoms. The molecule has 0 bridgehead atoms. The first-order valence-corrected chi connectivity index (χ1v) is 15.4. The molecule has 0 spiro atoms. The molecule has 0 saturated carbocycles. The number of hydrogen-bond acceptors (Lipinski definition) is 9. The van der Waals surface area contributed by atoms with Crippen LogP contribution in [0.15, 0.2) is 53.1 Å². The summed E-state index contributed by atoms with van der Waals surface area (Å²) in [6.45, 7) is 5.86. The van der Waals surface area contributed by atoms with Crippen molar-refractivity contribution in [1.29, 1.82) is 0 Å². The van der Waals surface area contributed by atoms with Crippen LogP contribution in [0.3, 0.4) is 0 Å². The van der Waals surface area contributed by atoms with Gasteiger partial charge in [-0.15, -0.1) is 0 Å². The van der Waals surface area contributed by atoms with Gasteiger partial charge in [-0.1, -0.05) is 55.2 Å². The summed E-state index contributed by atoms with van der Waals surface area (Å²) in [5.41, 5.74) is 0.898. The Morgan fingerprint density at radius 3 is 2.02 bits per heavy atom. The van der Waals surface area contributed by atoms with Gasteiger partial charge in [0, 0.05) is 13.3 Å². The van der Waals surface area contributed by atoms with Crippen molar-refractivity contribution in [3.63, 3.8) is 0 Å². The highest BCUT2D eigenvalue weighted by molar-refractivity contribution is 6.39. The highest BCUT2D eigenvalue weighted by atomic mass is 35.5. The largest absolute Gasteiger partial charge is 0.508 e. The molecule has 16 heteroatoms. The number of Topliss-reactive ketones (excluding diaryl/α,β-unsaturated/α-hetero) is 1. The van der Waals surface area contributed by atoms with E-state index in [0.29, 0.717) is 5.56 Å². The number of carbonyl (C=O) groups excluding carboxylic acids is 5. The molecule has 4 atom stereocenters. The molecule has 1 heterocycles. The van der Waals surface area contributed by atoms with Crippen LogP contribution in [-0.4, -0.2) is 74.7 Å². The van der Waals surface area contributed by atoms with Gasteiger partial charge in [0.05, 0.1) is 28.2 Å². The van der Waals surface area contributed by atoms with Crippen molar-refractivity contribution in [2.75, 3.05) is 0 Å². The number of rotatable bonds is 15. The second kappa shape index (κ2) is 16.7. The Morgan fingerprint density at radius 2 is 1.46 bits per heavy atom. The van der Waals surface area contributed by atoms with E-state index in [4.69, 9.17) is 27.6 Å². The summed E-state index contributed by atoms with van der Waals surface area (Å²) in [6, 6.07) is 5.61. The summed E-state index contributed by atoms with van der Waals surface area (Å²) < 4.78 is 5.52. The van der Waals surface area contributed by atoms with E-state index in [1.54, 1.807) is 44.2 Å². The van der Waals surface area contributed by atoms with E-state index in [2.05, 4.69) is 26.3 Å². The predicted molar refractivity (Wildman–Crippen MR) is 174 cm³/mol. The molecule has 14 nitrogen and oxygen atoms in total. The van der Waals surface area contributed by atoms with E-state index in [0.717, 1.165) is 0 Å². The van der Waals surface area contributed by atoms with E-state index in [1.165, 1.54) is 32.2 Å². The lowest BCUT2D eigenvalue weighted by atomic mass is 10.0. The molecule has 0 unspecified atom stereocenters. The molecule has 0 aliphatic carbocycles. The maximum Gasteiger partial charge on any atom is 0.305 e. The summed E-state index contributed by atoms with van der Waals surface area (Å²) >= 11 is 12.4. The van der Waals surface area contributed by atoms with Gasteiger partial charge in [0.1, 0.15) is 29.9 Å². The molecule has 0 aliphatic rings. The number of amides is 4. The Bertz CT molecular complexity index is 1660. The molecule has 3 rings (SSSR count). The number of phenolic OH excluding ortho intramolecular Hbond substituents is 1. The molecular weight excluding hydrogens is 669 g/mol. The number of aromatic hydroxyl groups is 1. The molecule has 0 aliphatic heterocycles. The zero-order chi connectivity index (χ0) is 35.7. The van der Waals surface area contributed by atoms with Crippen LogP contribution >= 0.6 is 23.2 Å². The van der Waals surface area contributed by atoms with Crippen LogP contribution in [0, 0.1) is 5.92 Å². The number of carboxylic acids is 1. The van der Waals surface area contributed by atoms with Crippen molar-refractivity contribution in [3.8, 4) is 17.1 Å². The van der Waals surface area contributed by atoms with Gasteiger partial charge in [-0.25, -0.2) is 4.98 Å². The minimum atomic E-state index is -1.62. The highest BCUT2D eigenvalue weighted by Crippen LogP contribution is 2.35. The lowest BCUT2D eigenvalue weighted by Crippen LogP contribution is -2.58. The van der Waals surface area contributed by atoms with Crippen molar-refractivity contribution >= 4 is 58.6 Å². The van der Waals surface area contributed by atoms with Gasteiger partial charge < -0.3 is 35.9 Å². The van der Waals surface area contributed by atoms with Crippen LogP contribution in [-0.2, 0) is 30.4 Å². The van der Waals surface area contributed by atoms with E-state index >= 15 is 0 Å². The average molecular weight is 705 g/mol. The maximum atomic E-state index is 13.3. The number of nitrogens with zero attached hydrogens (tertiary/aromatic N) is 1. The van der Waals surface area contributed by atoms with Crippen LogP contribution in [0.25, 0.3) is 11.3 Å². The van der Waals surface area contributed by atoms with Crippen molar-refractivity contribution in [1.82, 2.24) is 26.3 Å². The Kier molecular flexibility index (Phi) is 13.1. The van der Waals surface area contributed by atoms with Crippen LogP contribution in [0.5, 0.6) is 5.75 Å². The Labute approximate surface area is 285 Å². The minimum absolute atomic E-state index is 0.0261.